The van der Waals surface area contributed by atoms with Crippen LogP contribution >= 0.6 is 8.53 Å². The molecule has 734 valence electrons. The summed E-state index contributed by atoms with van der Waals surface area (Å²) in [7, 11) is -1.73. The fourth-order valence-corrected chi connectivity index (χ4v) is 14.8. The molecule has 0 aromatic heterocycles. The van der Waals surface area contributed by atoms with Crippen molar-refractivity contribution in [2.75, 3.05) is 158 Å². The van der Waals surface area contributed by atoms with Gasteiger partial charge >= 0.3 is 62.2 Å². The Morgan fingerprint density at radius 2 is 0.692 bits per heavy atom. The first kappa shape index (κ1) is 113. The normalized spacial score (nSPS) is 22.2. The van der Waals surface area contributed by atoms with Crippen LogP contribution in [-0.2, 0) is 182 Å². The Hall–Kier alpha value is -9.61. The van der Waals surface area contributed by atoms with Crippen LogP contribution in [0, 0.1) is 11.3 Å². The Balaban J connectivity index is 1.52. The number of benzene rings is 1. The second-order valence-electron chi connectivity index (χ2n) is 29.8. The molecule has 0 aliphatic carbocycles. The van der Waals surface area contributed by atoms with E-state index in [1.807, 2.05) is 32.4 Å². The van der Waals surface area contributed by atoms with Gasteiger partial charge in [-0.05, 0) is 51.8 Å². The average molecular weight is 1880 g/mol. The van der Waals surface area contributed by atoms with E-state index in [-0.39, 0.29) is 150 Å². The van der Waals surface area contributed by atoms with Gasteiger partial charge in [-0.3, -0.25) is 76.8 Å². The van der Waals surface area contributed by atoms with Gasteiger partial charge in [0.15, 0.2) is 55.5 Å². The molecular weight excluding hydrogens is 1750 g/mol. The summed E-state index contributed by atoms with van der Waals surface area (Å²) in [5.74, 6) is -10.0. The van der Waals surface area contributed by atoms with Crippen molar-refractivity contribution in [3.05, 3.63) is 29.8 Å². The second-order valence-corrected chi connectivity index (χ2v) is 31.2. The van der Waals surface area contributed by atoms with Gasteiger partial charge in [0, 0.05) is 115 Å². The highest BCUT2D eigenvalue weighted by Gasteiger charge is 2.55. The molecule has 17 atom stereocenters. The molecule has 4 rings (SSSR count). The number of rotatable bonds is 61. The van der Waals surface area contributed by atoms with Crippen molar-refractivity contribution >= 4 is 97.7 Å². The highest BCUT2D eigenvalue weighted by atomic mass is 31.2. The highest BCUT2D eigenvalue weighted by molar-refractivity contribution is 7.45. The SMILES string of the molecule is CC(=O)NC1C(OCCOCCOCCNC(=O)CN(CC(=O)NCCOCCOCCOC2OC(COC(C)=O)C(OC(C)=O)C(OC(C)=O)C2NC(C)=O)C(Cc2ccc(OP(OCCC#N)N(C(C)C)C(C)C)cc2)C(=O)NCCOCCOCCOC2OC(COC(C)=O)C(OC(C)=O)C(OC(C)=O)C2NC(C)=O)OC(COC(C)=O)C(OC(C)=O)C1OC(C)=O. The van der Waals surface area contributed by atoms with E-state index in [1.54, 1.807) is 24.3 Å². The van der Waals surface area contributed by atoms with Gasteiger partial charge in [0.05, 0.1) is 137 Å². The monoisotopic (exact) mass is 1880 g/mol. The van der Waals surface area contributed by atoms with Crippen molar-refractivity contribution in [2.45, 2.75) is 234 Å². The maximum absolute atomic E-state index is 14.9. The number of nitrogens with zero attached hydrogens (tertiary/aromatic N) is 3. The summed E-state index contributed by atoms with van der Waals surface area (Å²) in [5.41, 5.74) is 0.560. The van der Waals surface area contributed by atoms with Crippen LogP contribution in [0.2, 0.25) is 0 Å². The Morgan fingerprint density at radius 3 is 0.985 bits per heavy atom. The van der Waals surface area contributed by atoms with Gasteiger partial charge in [-0.2, -0.15) is 5.26 Å². The van der Waals surface area contributed by atoms with Crippen LogP contribution in [0.15, 0.2) is 24.3 Å². The molecule has 1 aromatic rings. The third kappa shape index (κ3) is 44.5. The molecule has 48 heteroatoms. The van der Waals surface area contributed by atoms with Crippen LogP contribution in [0.25, 0.3) is 0 Å². The van der Waals surface area contributed by atoms with Crippen molar-refractivity contribution in [1.29, 1.82) is 5.26 Å². The van der Waals surface area contributed by atoms with Gasteiger partial charge < -0.3 is 140 Å². The number of nitrogens with one attached hydrogen (secondary N) is 6. The molecule has 6 amide bonds. The van der Waals surface area contributed by atoms with E-state index in [2.05, 4.69) is 38.0 Å². The first-order valence-electron chi connectivity index (χ1n) is 42.2. The van der Waals surface area contributed by atoms with E-state index in [1.165, 1.54) is 25.7 Å². The summed E-state index contributed by atoms with van der Waals surface area (Å²) in [6.45, 7) is 18.2. The smallest absolute Gasteiger partial charge is 0.321 e. The zero-order valence-electron chi connectivity index (χ0n) is 76.4. The zero-order valence-corrected chi connectivity index (χ0v) is 77.3. The first-order chi connectivity index (χ1) is 61.8. The number of ether oxygens (including phenoxy) is 21. The van der Waals surface area contributed by atoms with E-state index in [0.717, 1.165) is 62.3 Å². The second kappa shape index (κ2) is 61.9. The molecule has 47 nitrogen and oxygen atoms in total. The Bertz CT molecular complexity index is 3640. The minimum Gasteiger partial charge on any atom is -0.463 e. The maximum atomic E-state index is 14.9. The third-order valence-corrected chi connectivity index (χ3v) is 20.2. The summed E-state index contributed by atoms with van der Waals surface area (Å²) in [6.07, 6.45) is -15.7. The van der Waals surface area contributed by atoms with Crippen LogP contribution < -0.4 is 36.4 Å². The first-order valence-corrected chi connectivity index (χ1v) is 43.3. The molecule has 0 radical (unpaired) electrons. The van der Waals surface area contributed by atoms with Crippen LogP contribution in [0.1, 0.15) is 123 Å². The van der Waals surface area contributed by atoms with Crippen LogP contribution in [0.3, 0.4) is 0 Å². The topological polar surface area (TPSA) is 571 Å². The zero-order chi connectivity index (χ0) is 96.4. The summed E-state index contributed by atoms with van der Waals surface area (Å²) in [6, 6.07) is 3.91. The van der Waals surface area contributed by atoms with E-state index < -0.39 is 229 Å². The standard InChI is InChI=1S/C82H128N9O38P/c1-48(2)91(49(3)4)130(119-26-17-22-83)129-63-20-18-62(19-21-63)42-64(79(106)86-25-29-109-32-35-112-38-41-115-82-72(89-52(7)94)78(125-61(16)103)75(122-58(13)100)67(128-82)47-118-55(10)97)90(43-68(104)84-23-27-107-30-33-110-36-39-113-80-70(87-50(5)92)76(123-59(14)101)73(120-56(11)98)65(126-80)45-116-53(8)95)44-69(105)85-24-28-108-31-34-111-37-40-114-81-71(88-51(6)93)77(124-60(15)102)74(121-57(12)99)66(127-81)46-117-54(9)96/h18-21,48-49,64-67,70-78,80-82H,17,23-47H2,1-16H3,(H,84,104)(H,85,105)(H,86,106)(H,87,92)(H,88,93)(H,89,94). The van der Waals surface area contributed by atoms with Gasteiger partial charge in [0.25, 0.3) is 0 Å². The Kier molecular flexibility index (Phi) is 53.7. The lowest BCUT2D eigenvalue weighted by Gasteiger charge is -2.44. The van der Waals surface area contributed by atoms with Gasteiger partial charge in [0.1, 0.15) is 62.0 Å². The van der Waals surface area contributed by atoms with Crippen molar-refractivity contribution in [2.24, 2.45) is 0 Å². The average Bonchev–Trinajstić information content (AvgIpc) is 0.792. The van der Waals surface area contributed by atoms with Crippen molar-refractivity contribution < 1.29 is 180 Å². The maximum Gasteiger partial charge on any atom is 0.321 e. The van der Waals surface area contributed by atoms with E-state index in [0.29, 0.717) is 11.3 Å². The van der Waals surface area contributed by atoms with Crippen LogP contribution in [0.5, 0.6) is 5.75 Å². The molecule has 130 heavy (non-hydrogen) atoms. The van der Waals surface area contributed by atoms with E-state index >= 15 is 0 Å². The molecule has 1 aromatic carbocycles. The molecule has 6 N–H and O–H groups in total. The van der Waals surface area contributed by atoms with Gasteiger partial charge in [-0.15, -0.1) is 0 Å². The van der Waals surface area contributed by atoms with E-state index in [4.69, 9.17) is 109 Å². The molecule has 17 unspecified atom stereocenters. The minimum atomic E-state index is -1.73. The number of carbonyl (C=O) groups excluding carboxylic acids is 15. The van der Waals surface area contributed by atoms with Crippen LogP contribution in [-0.4, -0.2) is 367 Å². The Morgan fingerprint density at radius 1 is 0.392 bits per heavy atom. The van der Waals surface area contributed by atoms with Gasteiger partial charge in [0.2, 0.25) is 35.4 Å². The van der Waals surface area contributed by atoms with Crippen LogP contribution in [0.4, 0.5) is 0 Å². The quantitative estimate of drug-likeness (QED) is 0.0198. The molecule has 0 spiro atoms. The molecule has 0 bridgehead atoms. The lowest BCUT2D eigenvalue weighted by molar-refractivity contribution is -0.279. The van der Waals surface area contributed by atoms with Crippen molar-refractivity contribution in [3.63, 3.8) is 0 Å². The number of hydrogen-bond donors (Lipinski definition) is 6. The largest absolute Gasteiger partial charge is 0.463 e. The molecule has 3 saturated heterocycles. The fraction of sp³-hybridized carbons (Fsp3) is 0.732. The van der Waals surface area contributed by atoms with Crippen molar-refractivity contribution in [1.82, 2.24) is 41.5 Å². The number of amides is 6. The predicted octanol–water partition coefficient (Wildman–Crippen LogP) is -0.979. The highest BCUT2D eigenvalue weighted by Crippen LogP contribution is 2.46. The molecular formula is C82H128N9O38P. The fourth-order valence-electron chi connectivity index (χ4n) is 13.3. The number of nitriles is 1. The predicted molar refractivity (Wildman–Crippen MR) is 445 cm³/mol. The number of hydrogen-bond acceptors (Lipinski definition) is 41. The van der Waals surface area contributed by atoms with Crippen molar-refractivity contribution in [3.8, 4) is 11.8 Å². The van der Waals surface area contributed by atoms with Gasteiger partial charge in [-0.25, -0.2) is 4.67 Å². The van der Waals surface area contributed by atoms with Gasteiger partial charge in [-0.1, -0.05) is 12.1 Å². The molecule has 3 fully saturated rings. The molecule has 3 aliphatic rings. The minimum absolute atomic E-state index is 0.00306. The lowest BCUT2D eigenvalue weighted by Crippen LogP contribution is -2.66. The number of esters is 9. The molecule has 0 saturated carbocycles. The summed E-state index contributed by atoms with van der Waals surface area (Å²) >= 11 is 0. The third-order valence-electron chi connectivity index (χ3n) is 18.2. The van der Waals surface area contributed by atoms with E-state index in [9.17, 15) is 77.2 Å². The molecule has 3 heterocycles. The number of carbonyl (C=O) groups is 15. The molecule has 3 aliphatic heterocycles. The summed E-state index contributed by atoms with van der Waals surface area (Å²) in [5, 5.41) is 25.6. The lowest BCUT2D eigenvalue weighted by atomic mass is 9.96. The summed E-state index contributed by atoms with van der Waals surface area (Å²) in [4.78, 5) is 191. The Labute approximate surface area is 755 Å². The summed E-state index contributed by atoms with van der Waals surface area (Å²) < 4.78 is 134.